The van der Waals surface area contributed by atoms with E-state index < -0.39 is 15.8 Å². The summed E-state index contributed by atoms with van der Waals surface area (Å²) in [6, 6.07) is 13.3. The minimum absolute atomic E-state index is 0.00373. The van der Waals surface area contributed by atoms with Crippen molar-refractivity contribution in [3.63, 3.8) is 0 Å². The average Bonchev–Trinajstić information content (AvgIpc) is 3.19. The van der Waals surface area contributed by atoms with Crippen LogP contribution in [0.25, 0.3) is 0 Å². The molecule has 1 atom stereocenters. The number of hydrogen-bond acceptors (Lipinski definition) is 5. The molecule has 4 rings (SSSR count). The molecular formula is C22H26AsN3O4. The van der Waals surface area contributed by atoms with Gasteiger partial charge in [0.1, 0.15) is 0 Å². The van der Waals surface area contributed by atoms with Crippen molar-refractivity contribution in [2.24, 2.45) is 0 Å². The van der Waals surface area contributed by atoms with Crippen LogP contribution in [0, 0.1) is 0 Å². The van der Waals surface area contributed by atoms with E-state index in [9.17, 15) is 14.7 Å². The number of rotatable bonds is 6. The third kappa shape index (κ3) is 5.29. The van der Waals surface area contributed by atoms with Gasteiger partial charge in [-0.3, -0.25) is 0 Å². The number of nitrogens with zero attached hydrogens (tertiary/aromatic N) is 2. The summed E-state index contributed by atoms with van der Waals surface area (Å²) in [4.78, 5) is 28.9. The molecule has 2 heterocycles. The number of amides is 2. The number of benzene rings is 2. The molecule has 1 unspecified atom stereocenters. The van der Waals surface area contributed by atoms with Crippen LogP contribution in [0.2, 0.25) is 0 Å². The molecule has 158 valence electrons. The topological polar surface area (TPSA) is 82.1 Å². The second kappa shape index (κ2) is 9.75. The Morgan fingerprint density at radius 2 is 1.77 bits per heavy atom. The fourth-order valence-electron chi connectivity index (χ4n) is 3.69. The summed E-state index contributed by atoms with van der Waals surface area (Å²) in [5.41, 5.74) is 3.78. The van der Waals surface area contributed by atoms with E-state index in [0.29, 0.717) is 37.4 Å². The number of morpholine rings is 1. The molecule has 30 heavy (non-hydrogen) atoms. The Bertz CT molecular complexity index is 913. The Hall–Kier alpha value is -2.18. The average molecular weight is 471 g/mol. The normalized spacial score (nSPS) is 16.8. The molecule has 0 spiro atoms. The fourth-order valence-corrected chi connectivity index (χ4v) is 5.70. The molecule has 1 saturated heterocycles. The third-order valence-electron chi connectivity index (χ3n) is 5.35. The van der Waals surface area contributed by atoms with Crippen molar-refractivity contribution in [3.05, 3.63) is 59.2 Å². The predicted molar refractivity (Wildman–Crippen MR) is 116 cm³/mol. The van der Waals surface area contributed by atoms with Gasteiger partial charge in [-0.1, -0.05) is 0 Å². The van der Waals surface area contributed by atoms with Crippen LogP contribution < -0.4 is 9.67 Å². The zero-order valence-electron chi connectivity index (χ0n) is 16.8. The van der Waals surface area contributed by atoms with Gasteiger partial charge in [0.15, 0.2) is 0 Å². The first-order valence-corrected chi connectivity index (χ1v) is 12.2. The van der Waals surface area contributed by atoms with E-state index in [1.54, 1.807) is 4.90 Å². The second-order valence-electron chi connectivity index (χ2n) is 7.56. The van der Waals surface area contributed by atoms with Crippen molar-refractivity contribution in [1.29, 1.82) is 0 Å². The van der Waals surface area contributed by atoms with Gasteiger partial charge in [-0.05, 0) is 0 Å². The number of aliphatic hydroxyl groups is 1. The summed E-state index contributed by atoms with van der Waals surface area (Å²) in [6.45, 7) is 4.66. The third-order valence-corrected chi connectivity index (χ3v) is 7.58. The van der Waals surface area contributed by atoms with Crippen molar-refractivity contribution in [2.75, 3.05) is 38.2 Å². The summed E-state index contributed by atoms with van der Waals surface area (Å²) >= 11 is -0.858. The molecule has 8 heteroatoms. The summed E-state index contributed by atoms with van der Waals surface area (Å²) < 4.78 is 6.70. The quantitative estimate of drug-likeness (QED) is 0.605. The molecule has 2 aromatic carbocycles. The number of ether oxygens (including phenoxy) is 1. The van der Waals surface area contributed by atoms with Gasteiger partial charge in [0.25, 0.3) is 0 Å². The van der Waals surface area contributed by atoms with Crippen LogP contribution in [0.5, 0.6) is 0 Å². The summed E-state index contributed by atoms with van der Waals surface area (Å²) in [6.07, 6.45) is 0. The second-order valence-corrected chi connectivity index (χ2v) is 10.5. The fraction of sp³-hybridized carbons (Fsp3) is 0.364. The molecular weight excluding hydrogens is 445 g/mol. The zero-order valence-corrected chi connectivity index (χ0v) is 18.9. The predicted octanol–water partition coefficient (Wildman–Crippen LogP) is 0.647. The first-order chi connectivity index (χ1) is 14.6. The molecule has 0 bridgehead atoms. The monoisotopic (exact) mass is 471 g/mol. The molecule has 0 saturated carbocycles. The number of fused-ring (bicyclic) bond motifs is 1. The summed E-state index contributed by atoms with van der Waals surface area (Å²) in [7, 11) is 0. The Labute approximate surface area is 182 Å². The number of urea groups is 1. The Morgan fingerprint density at radius 1 is 1.03 bits per heavy atom. The van der Waals surface area contributed by atoms with Crippen LogP contribution in [-0.2, 0) is 29.2 Å². The molecule has 2 aromatic rings. The molecule has 0 radical (unpaired) electrons. The minimum atomic E-state index is -0.858. The molecule has 1 fully saturated rings. The first-order valence-electron chi connectivity index (χ1n) is 10.1. The first kappa shape index (κ1) is 21.1. The van der Waals surface area contributed by atoms with E-state index in [0.717, 1.165) is 39.8 Å². The van der Waals surface area contributed by atoms with Gasteiger partial charge in [-0.2, -0.15) is 0 Å². The van der Waals surface area contributed by atoms with E-state index in [-0.39, 0.29) is 12.6 Å². The summed E-state index contributed by atoms with van der Waals surface area (Å²) in [5, 5.41) is 12.2. The zero-order chi connectivity index (χ0) is 20.9. The SMILES string of the molecule is O=C(CN1CCOCC1)[AsH]c1ccc(NC(=O)N2Cc3ccc(CO)cc3C2)cc1. The van der Waals surface area contributed by atoms with Crippen LogP contribution >= 0.6 is 0 Å². The van der Waals surface area contributed by atoms with Gasteiger partial charge in [-0.15, -0.1) is 0 Å². The van der Waals surface area contributed by atoms with Crippen molar-refractivity contribution >= 4 is 36.4 Å². The maximum atomic E-state index is 12.6. The molecule has 2 aliphatic heterocycles. The van der Waals surface area contributed by atoms with Gasteiger partial charge in [-0.25, -0.2) is 0 Å². The van der Waals surface area contributed by atoms with Crippen molar-refractivity contribution < 1.29 is 19.4 Å². The van der Waals surface area contributed by atoms with Crippen molar-refractivity contribution in [1.82, 2.24) is 9.80 Å². The number of anilines is 1. The molecule has 0 aromatic heterocycles. The van der Waals surface area contributed by atoms with Crippen molar-refractivity contribution in [3.8, 4) is 0 Å². The standard InChI is InChI=1S/C22H26AsN3O4/c27-15-16-1-2-17-12-26(13-18(17)11-16)22(29)24-20-5-3-19(4-6-20)23-21(28)14-25-7-9-30-10-8-25/h1-6,11,23,27H,7-10,12-15H2,(H,24,29). The van der Waals surface area contributed by atoms with E-state index in [2.05, 4.69) is 10.2 Å². The Kier molecular flexibility index (Phi) is 6.85. The molecule has 0 aliphatic carbocycles. The number of hydrogen-bond donors (Lipinski definition) is 2. The van der Waals surface area contributed by atoms with Gasteiger partial charge < -0.3 is 5.11 Å². The number of carbonyl (C=O) groups is 2. The maximum absolute atomic E-state index is 12.6. The van der Waals surface area contributed by atoms with E-state index >= 15 is 0 Å². The van der Waals surface area contributed by atoms with E-state index in [4.69, 9.17) is 4.74 Å². The van der Waals surface area contributed by atoms with Gasteiger partial charge >= 0.3 is 178 Å². The molecule has 2 N–H and O–H groups in total. The molecule has 7 nitrogen and oxygen atoms in total. The number of carbonyl (C=O) groups excluding carboxylic acids is 2. The van der Waals surface area contributed by atoms with E-state index in [1.807, 2.05) is 42.5 Å². The molecule has 2 aliphatic rings. The van der Waals surface area contributed by atoms with Crippen LogP contribution in [0.3, 0.4) is 0 Å². The van der Waals surface area contributed by atoms with Crippen LogP contribution in [-0.4, -0.2) is 74.1 Å². The van der Waals surface area contributed by atoms with Gasteiger partial charge in [0.2, 0.25) is 0 Å². The summed E-state index contributed by atoms with van der Waals surface area (Å²) in [5.74, 6) is 0. The van der Waals surface area contributed by atoms with Crippen LogP contribution in [0.15, 0.2) is 42.5 Å². The Morgan fingerprint density at radius 3 is 2.50 bits per heavy atom. The Balaban J connectivity index is 1.28. The van der Waals surface area contributed by atoms with Crippen LogP contribution in [0.4, 0.5) is 10.5 Å². The van der Waals surface area contributed by atoms with Crippen LogP contribution in [0.1, 0.15) is 16.7 Å². The van der Waals surface area contributed by atoms with Gasteiger partial charge in [0.05, 0.1) is 0 Å². The van der Waals surface area contributed by atoms with Gasteiger partial charge in [0, 0.05) is 0 Å². The van der Waals surface area contributed by atoms with E-state index in [1.165, 1.54) is 0 Å². The number of nitrogens with one attached hydrogen (secondary N) is 1. The number of aliphatic hydroxyl groups excluding tert-OH is 1. The van der Waals surface area contributed by atoms with Crippen molar-refractivity contribution in [2.45, 2.75) is 19.7 Å². The molecule has 2 amide bonds.